The van der Waals surface area contributed by atoms with E-state index in [0.29, 0.717) is 24.5 Å². The van der Waals surface area contributed by atoms with Crippen LogP contribution in [-0.2, 0) is 4.74 Å². The van der Waals surface area contributed by atoms with Crippen LogP contribution in [0.15, 0.2) is 36.5 Å². The number of nitrogens with one attached hydrogen (secondary N) is 1. The van der Waals surface area contributed by atoms with Gasteiger partial charge in [-0.15, -0.1) is 0 Å². The molecule has 3 unspecified atom stereocenters. The molecule has 0 radical (unpaired) electrons. The number of aromatic nitrogens is 1. The van der Waals surface area contributed by atoms with Crippen LogP contribution >= 0.6 is 0 Å². The van der Waals surface area contributed by atoms with Crippen LogP contribution in [0.1, 0.15) is 31.0 Å². The van der Waals surface area contributed by atoms with Crippen LogP contribution in [0.2, 0.25) is 0 Å². The molecule has 1 N–H and O–H groups in total. The summed E-state index contributed by atoms with van der Waals surface area (Å²) < 4.78 is 34.8. The van der Waals surface area contributed by atoms with E-state index in [4.69, 9.17) is 10.00 Å². The summed E-state index contributed by atoms with van der Waals surface area (Å²) in [6.07, 6.45) is 1.40. The number of nitrogens with zero attached hydrogens (tertiary/aromatic N) is 3. The van der Waals surface area contributed by atoms with Crippen LogP contribution in [-0.4, -0.2) is 41.7 Å². The SMILES string of the molecule is CC1CN(C(CNc2ccc(C#N)cn2)c2c(F)cccc2F)CC(C)O1. The molecule has 5 nitrogen and oxygen atoms in total. The zero-order chi connectivity index (χ0) is 19.4. The van der Waals surface area contributed by atoms with Gasteiger partial charge in [0.1, 0.15) is 23.5 Å². The van der Waals surface area contributed by atoms with Crippen molar-refractivity contribution in [3.63, 3.8) is 0 Å². The lowest BCUT2D eigenvalue weighted by Crippen LogP contribution is -2.48. The molecular weight excluding hydrogens is 350 g/mol. The molecule has 0 saturated carbocycles. The van der Waals surface area contributed by atoms with Crippen LogP contribution in [0.4, 0.5) is 14.6 Å². The van der Waals surface area contributed by atoms with Crippen molar-refractivity contribution < 1.29 is 13.5 Å². The average molecular weight is 372 g/mol. The number of pyridine rings is 1. The number of hydrogen-bond acceptors (Lipinski definition) is 5. The number of benzene rings is 1. The van der Waals surface area contributed by atoms with Gasteiger partial charge in [0, 0.05) is 31.4 Å². The predicted octanol–water partition coefficient (Wildman–Crippen LogP) is 3.49. The monoisotopic (exact) mass is 372 g/mol. The quantitative estimate of drug-likeness (QED) is 0.871. The Hall–Kier alpha value is -2.56. The van der Waals surface area contributed by atoms with Crippen LogP contribution in [0.3, 0.4) is 0 Å². The van der Waals surface area contributed by atoms with Crippen molar-refractivity contribution in [3.8, 4) is 6.07 Å². The highest BCUT2D eigenvalue weighted by Crippen LogP contribution is 2.29. The largest absolute Gasteiger partial charge is 0.373 e. The highest BCUT2D eigenvalue weighted by Gasteiger charge is 2.32. The summed E-state index contributed by atoms with van der Waals surface area (Å²) in [5.41, 5.74) is 0.494. The van der Waals surface area contributed by atoms with E-state index in [1.54, 1.807) is 12.1 Å². The number of ether oxygens (including phenoxy) is 1. The molecule has 1 aliphatic rings. The molecule has 3 rings (SSSR count). The van der Waals surface area contributed by atoms with Crippen LogP contribution in [0.25, 0.3) is 0 Å². The molecule has 142 valence electrons. The normalized spacial score (nSPS) is 21.4. The maximum atomic E-state index is 14.5. The number of halogens is 2. The van der Waals surface area contributed by atoms with Gasteiger partial charge in [0.05, 0.1) is 23.8 Å². The maximum absolute atomic E-state index is 14.5. The van der Waals surface area contributed by atoms with Gasteiger partial charge in [-0.25, -0.2) is 13.8 Å². The van der Waals surface area contributed by atoms with Crippen molar-refractivity contribution in [1.29, 1.82) is 5.26 Å². The first kappa shape index (κ1) is 19.2. The first-order valence-electron chi connectivity index (χ1n) is 8.91. The van der Waals surface area contributed by atoms with Crippen molar-refractivity contribution in [2.45, 2.75) is 32.1 Å². The minimum absolute atomic E-state index is 0.0286. The van der Waals surface area contributed by atoms with Crippen molar-refractivity contribution in [2.75, 3.05) is 25.0 Å². The summed E-state index contributed by atoms with van der Waals surface area (Å²) in [6, 6.07) is 8.74. The molecule has 3 atom stereocenters. The van der Waals surface area contributed by atoms with E-state index in [1.165, 1.54) is 24.4 Å². The third-order valence-electron chi connectivity index (χ3n) is 4.59. The molecule has 1 aromatic heterocycles. The average Bonchev–Trinajstić information content (AvgIpc) is 2.63. The van der Waals surface area contributed by atoms with Gasteiger partial charge < -0.3 is 10.1 Å². The van der Waals surface area contributed by atoms with Crippen LogP contribution in [0.5, 0.6) is 0 Å². The van der Waals surface area contributed by atoms with Gasteiger partial charge in [-0.05, 0) is 38.1 Å². The zero-order valence-corrected chi connectivity index (χ0v) is 15.3. The second-order valence-corrected chi connectivity index (χ2v) is 6.79. The first-order valence-corrected chi connectivity index (χ1v) is 8.91. The Kier molecular flexibility index (Phi) is 5.99. The zero-order valence-electron chi connectivity index (χ0n) is 15.3. The Morgan fingerprint density at radius 1 is 1.22 bits per heavy atom. The highest BCUT2D eigenvalue weighted by atomic mass is 19.1. The minimum Gasteiger partial charge on any atom is -0.373 e. The van der Waals surface area contributed by atoms with Crippen molar-refractivity contribution in [1.82, 2.24) is 9.88 Å². The molecule has 1 saturated heterocycles. The van der Waals surface area contributed by atoms with E-state index < -0.39 is 17.7 Å². The van der Waals surface area contributed by atoms with Gasteiger partial charge in [0.25, 0.3) is 0 Å². The summed E-state index contributed by atoms with van der Waals surface area (Å²) in [6.45, 7) is 5.33. The fourth-order valence-electron chi connectivity index (χ4n) is 3.48. The Morgan fingerprint density at radius 3 is 2.44 bits per heavy atom. The molecule has 1 fully saturated rings. The topological polar surface area (TPSA) is 61.2 Å². The summed E-state index contributed by atoms with van der Waals surface area (Å²) in [5, 5.41) is 12.0. The number of nitriles is 1. The molecule has 0 spiro atoms. The molecule has 2 heterocycles. The maximum Gasteiger partial charge on any atom is 0.130 e. The minimum atomic E-state index is -0.568. The number of hydrogen-bond donors (Lipinski definition) is 1. The smallest absolute Gasteiger partial charge is 0.130 e. The number of morpholine rings is 1. The fourth-order valence-corrected chi connectivity index (χ4v) is 3.48. The van der Waals surface area contributed by atoms with Gasteiger partial charge in [0.15, 0.2) is 0 Å². The lowest BCUT2D eigenvalue weighted by molar-refractivity contribution is -0.0801. The molecule has 7 heteroatoms. The van der Waals surface area contributed by atoms with Gasteiger partial charge in [-0.3, -0.25) is 4.90 Å². The summed E-state index contributed by atoms with van der Waals surface area (Å²) in [4.78, 5) is 6.21. The summed E-state index contributed by atoms with van der Waals surface area (Å²) in [7, 11) is 0. The lowest BCUT2D eigenvalue weighted by atomic mass is 10.0. The van der Waals surface area contributed by atoms with Gasteiger partial charge in [0.2, 0.25) is 0 Å². The lowest BCUT2D eigenvalue weighted by Gasteiger charge is -2.40. The van der Waals surface area contributed by atoms with Gasteiger partial charge in [-0.1, -0.05) is 6.07 Å². The summed E-state index contributed by atoms with van der Waals surface area (Å²) in [5.74, 6) is -0.590. The third kappa shape index (κ3) is 4.59. The molecule has 27 heavy (non-hydrogen) atoms. The standard InChI is InChI=1S/C20H22F2N4O/c1-13-11-26(12-14(2)27-13)18(20-16(21)4-3-5-17(20)22)10-25-19-7-6-15(8-23)9-24-19/h3-7,9,13-14,18H,10-12H2,1-2H3,(H,24,25). The molecule has 1 aromatic carbocycles. The van der Waals surface area contributed by atoms with Crippen molar-refractivity contribution >= 4 is 5.82 Å². The number of rotatable bonds is 5. The first-order chi connectivity index (χ1) is 13.0. The Labute approximate surface area is 157 Å². The van der Waals surface area contributed by atoms with Crippen LogP contribution in [0, 0.1) is 23.0 Å². The summed E-state index contributed by atoms with van der Waals surface area (Å²) >= 11 is 0. The van der Waals surface area contributed by atoms with E-state index in [1.807, 2.05) is 24.8 Å². The number of anilines is 1. The Balaban J connectivity index is 1.86. The van der Waals surface area contributed by atoms with E-state index >= 15 is 0 Å². The van der Waals surface area contributed by atoms with Crippen molar-refractivity contribution in [3.05, 3.63) is 59.3 Å². The van der Waals surface area contributed by atoms with E-state index in [0.717, 1.165) is 0 Å². The highest BCUT2D eigenvalue weighted by molar-refractivity contribution is 5.39. The molecule has 0 amide bonds. The molecule has 1 aliphatic heterocycles. The van der Waals surface area contributed by atoms with Crippen molar-refractivity contribution in [2.24, 2.45) is 0 Å². The van der Waals surface area contributed by atoms with Gasteiger partial charge >= 0.3 is 0 Å². The molecule has 0 aliphatic carbocycles. The fraction of sp³-hybridized carbons (Fsp3) is 0.400. The molecular formula is C20H22F2N4O. The Morgan fingerprint density at radius 2 is 1.89 bits per heavy atom. The second-order valence-electron chi connectivity index (χ2n) is 6.79. The van der Waals surface area contributed by atoms with Crippen LogP contribution < -0.4 is 5.32 Å². The van der Waals surface area contributed by atoms with E-state index in [-0.39, 0.29) is 24.3 Å². The molecule has 0 bridgehead atoms. The third-order valence-corrected chi connectivity index (χ3v) is 4.59. The predicted molar refractivity (Wildman–Crippen MR) is 98.1 cm³/mol. The Bertz CT molecular complexity index is 791. The van der Waals surface area contributed by atoms with Gasteiger partial charge in [-0.2, -0.15) is 5.26 Å². The van der Waals surface area contributed by atoms with E-state index in [2.05, 4.69) is 10.3 Å². The van der Waals surface area contributed by atoms with E-state index in [9.17, 15) is 8.78 Å². The second kappa shape index (κ2) is 8.42. The molecule has 2 aromatic rings.